The second-order valence-electron chi connectivity index (χ2n) is 5.54. The highest BCUT2D eigenvalue weighted by atomic mass is 35.5. The minimum atomic E-state index is 0.264. The van der Waals surface area contributed by atoms with Crippen LogP contribution in [-0.4, -0.2) is 24.0 Å². The lowest BCUT2D eigenvalue weighted by Crippen LogP contribution is -2.52. The Morgan fingerprint density at radius 1 is 1.16 bits per heavy atom. The van der Waals surface area contributed by atoms with Gasteiger partial charge in [-0.25, -0.2) is 0 Å². The second-order valence-corrected chi connectivity index (χ2v) is 6.35. The van der Waals surface area contributed by atoms with Crippen LogP contribution in [0.15, 0.2) is 18.2 Å². The Kier molecular flexibility index (Phi) is 4.81. The molecule has 1 aliphatic carbocycles. The number of hydrogen-bond donors (Lipinski definition) is 0. The van der Waals surface area contributed by atoms with Gasteiger partial charge in [-0.15, -0.1) is 0 Å². The minimum Gasteiger partial charge on any atom is -0.300 e. The van der Waals surface area contributed by atoms with E-state index >= 15 is 0 Å². The smallest absolute Gasteiger partial charge is 0.0595 e. The average Bonchev–Trinajstić information content (AvgIpc) is 2.34. The van der Waals surface area contributed by atoms with Crippen LogP contribution in [0.4, 0.5) is 0 Å². The number of nitrogens with zero attached hydrogens (tertiary/aromatic N) is 1. The fraction of sp³-hybridized carbons (Fsp3) is 0.625. The van der Waals surface area contributed by atoms with E-state index in [1.807, 2.05) is 6.07 Å². The number of halogens is 2. The monoisotopic (exact) mass is 299 g/mol. The van der Waals surface area contributed by atoms with Gasteiger partial charge in [-0.05, 0) is 50.6 Å². The lowest BCUT2D eigenvalue weighted by atomic mass is 9.60. The van der Waals surface area contributed by atoms with E-state index in [4.69, 9.17) is 23.2 Å². The molecule has 3 heteroatoms. The van der Waals surface area contributed by atoms with E-state index in [1.54, 1.807) is 0 Å². The number of likely N-dealkylation sites (N-methyl/N-ethyl adjacent to an activating group) is 1. The summed E-state index contributed by atoms with van der Waals surface area (Å²) in [5.41, 5.74) is 1.62. The van der Waals surface area contributed by atoms with E-state index in [2.05, 4.69) is 37.8 Å². The Balaban J connectivity index is 2.34. The molecule has 0 N–H and O–H groups in total. The predicted molar refractivity (Wildman–Crippen MR) is 84.4 cm³/mol. The Bertz CT molecular complexity index is 436. The van der Waals surface area contributed by atoms with E-state index in [9.17, 15) is 0 Å². The van der Waals surface area contributed by atoms with Crippen molar-refractivity contribution in [3.8, 4) is 0 Å². The molecular formula is C16H23Cl2N. The molecule has 1 saturated carbocycles. The molecule has 106 valence electrons. The maximum absolute atomic E-state index is 6.21. The summed E-state index contributed by atoms with van der Waals surface area (Å²) >= 11 is 12.3. The second kappa shape index (κ2) is 6.03. The molecule has 0 spiro atoms. The van der Waals surface area contributed by atoms with Crippen molar-refractivity contribution in [1.29, 1.82) is 0 Å². The summed E-state index contributed by atoms with van der Waals surface area (Å²) in [7, 11) is 0. The van der Waals surface area contributed by atoms with Gasteiger partial charge in [0.1, 0.15) is 0 Å². The molecule has 0 amide bonds. The van der Waals surface area contributed by atoms with Crippen LogP contribution in [0, 0.1) is 0 Å². The van der Waals surface area contributed by atoms with E-state index in [1.165, 1.54) is 24.8 Å². The van der Waals surface area contributed by atoms with Gasteiger partial charge in [0.15, 0.2) is 0 Å². The molecular weight excluding hydrogens is 277 g/mol. The molecule has 0 aromatic heterocycles. The molecule has 1 atom stereocenters. The van der Waals surface area contributed by atoms with Crippen LogP contribution in [0.5, 0.6) is 0 Å². The molecule has 0 radical (unpaired) electrons. The molecule has 1 aromatic rings. The van der Waals surface area contributed by atoms with Crippen molar-refractivity contribution in [3.05, 3.63) is 33.8 Å². The SMILES string of the molecule is CCN(CC)C(C)C1(c2ccc(Cl)c(Cl)c2)CCC1. The third kappa shape index (κ3) is 2.66. The van der Waals surface area contributed by atoms with Crippen LogP contribution in [0.3, 0.4) is 0 Å². The summed E-state index contributed by atoms with van der Waals surface area (Å²) in [6.07, 6.45) is 3.82. The van der Waals surface area contributed by atoms with Crippen LogP contribution < -0.4 is 0 Å². The zero-order valence-electron chi connectivity index (χ0n) is 12.0. The third-order valence-corrected chi connectivity index (χ3v) is 5.64. The Labute approximate surface area is 126 Å². The Hall–Kier alpha value is -0.240. The summed E-state index contributed by atoms with van der Waals surface area (Å²) in [5, 5.41) is 1.33. The highest BCUT2D eigenvalue weighted by molar-refractivity contribution is 6.42. The van der Waals surface area contributed by atoms with E-state index in [-0.39, 0.29) is 5.41 Å². The quantitative estimate of drug-likeness (QED) is 0.727. The normalized spacial score (nSPS) is 19.3. The molecule has 1 unspecified atom stereocenters. The van der Waals surface area contributed by atoms with E-state index in [0.29, 0.717) is 16.1 Å². The van der Waals surface area contributed by atoms with Crippen molar-refractivity contribution >= 4 is 23.2 Å². The van der Waals surface area contributed by atoms with Crippen molar-refractivity contribution in [2.24, 2.45) is 0 Å². The molecule has 1 fully saturated rings. The maximum atomic E-state index is 6.21. The zero-order valence-corrected chi connectivity index (χ0v) is 13.6. The fourth-order valence-electron chi connectivity index (χ4n) is 3.43. The Morgan fingerprint density at radius 2 is 1.79 bits per heavy atom. The van der Waals surface area contributed by atoms with Crippen molar-refractivity contribution < 1.29 is 0 Å². The molecule has 0 bridgehead atoms. The van der Waals surface area contributed by atoms with Gasteiger partial charge < -0.3 is 4.90 Å². The molecule has 0 heterocycles. The van der Waals surface area contributed by atoms with Gasteiger partial charge >= 0.3 is 0 Å². The summed E-state index contributed by atoms with van der Waals surface area (Å²) in [4.78, 5) is 2.54. The topological polar surface area (TPSA) is 3.24 Å². The van der Waals surface area contributed by atoms with Gasteiger partial charge in [-0.2, -0.15) is 0 Å². The van der Waals surface area contributed by atoms with Gasteiger partial charge in [0.25, 0.3) is 0 Å². The van der Waals surface area contributed by atoms with Crippen LogP contribution in [0.1, 0.15) is 45.6 Å². The number of hydrogen-bond acceptors (Lipinski definition) is 1. The molecule has 1 aromatic carbocycles. The minimum absolute atomic E-state index is 0.264. The summed E-state index contributed by atoms with van der Waals surface area (Å²) < 4.78 is 0. The lowest BCUT2D eigenvalue weighted by molar-refractivity contribution is 0.0805. The summed E-state index contributed by atoms with van der Waals surface area (Å²) in [5.74, 6) is 0. The van der Waals surface area contributed by atoms with Crippen LogP contribution in [-0.2, 0) is 5.41 Å². The van der Waals surface area contributed by atoms with Crippen molar-refractivity contribution in [1.82, 2.24) is 4.90 Å². The highest BCUT2D eigenvalue weighted by Crippen LogP contribution is 2.48. The van der Waals surface area contributed by atoms with Crippen molar-refractivity contribution in [2.45, 2.75) is 51.5 Å². The zero-order chi connectivity index (χ0) is 14.0. The van der Waals surface area contributed by atoms with E-state index in [0.717, 1.165) is 13.1 Å². The molecule has 0 aliphatic heterocycles. The Morgan fingerprint density at radius 3 is 2.21 bits per heavy atom. The maximum Gasteiger partial charge on any atom is 0.0595 e. The van der Waals surface area contributed by atoms with Crippen LogP contribution in [0.2, 0.25) is 10.0 Å². The highest BCUT2D eigenvalue weighted by Gasteiger charge is 2.45. The number of benzene rings is 1. The molecule has 2 rings (SSSR count). The largest absolute Gasteiger partial charge is 0.300 e. The van der Waals surface area contributed by atoms with Crippen LogP contribution in [0.25, 0.3) is 0 Å². The average molecular weight is 300 g/mol. The first-order valence-electron chi connectivity index (χ1n) is 7.24. The van der Waals surface area contributed by atoms with Gasteiger partial charge in [0.2, 0.25) is 0 Å². The van der Waals surface area contributed by atoms with Crippen molar-refractivity contribution in [2.75, 3.05) is 13.1 Å². The fourth-order valence-corrected chi connectivity index (χ4v) is 3.73. The molecule has 1 aliphatic rings. The molecule has 1 nitrogen and oxygen atoms in total. The van der Waals surface area contributed by atoms with Crippen molar-refractivity contribution in [3.63, 3.8) is 0 Å². The van der Waals surface area contributed by atoms with Gasteiger partial charge in [0, 0.05) is 11.5 Å². The predicted octanol–water partition coefficient (Wildman–Crippen LogP) is 5.15. The van der Waals surface area contributed by atoms with Gasteiger partial charge in [-0.1, -0.05) is 49.5 Å². The standard InChI is InChI=1S/C16H23Cl2N/c1-4-19(5-2)12(3)16(9-6-10-16)13-7-8-14(17)15(18)11-13/h7-8,11-12H,4-6,9-10H2,1-3H3. The number of rotatable bonds is 5. The molecule has 0 saturated heterocycles. The van der Waals surface area contributed by atoms with Crippen LogP contribution >= 0.6 is 23.2 Å². The first kappa shape index (κ1) is 15.2. The third-order valence-electron chi connectivity index (χ3n) is 4.90. The van der Waals surface area contributed by atoms with E-state index < -0.39 is 0 Å². The first-order chi connectivity index (χ1) is 9.05. The lowest BCUT2D eigenvalue weighted by Gasteiger charge is -2.51. The summed E-state index contributed by atoms with van der Waals surface area (Å²) in [6.45, 7) is 9.03. The molecule has 19 heavy (non-hydrogen) atoms. The summed E-state index contributed by atoms with van der Waals surface area (Å²) in [6, 6.07) is 6.72. The van der Waals surface area contributed by atoms with Gasteiger partial charge in [0.05, 0.1) is 10.0 Å². The van der Waals surface area contributed by atoms with Gasteiger partial charge in [-0.3, -0.25) is 0 Å². The first-order valence-corrected chi connectivity index (χ1v) is 8.00.